The maximum absolute atomic E-state index is 9.42. The number of aryl methyl sites for hydroxylation is 1. The lowest BCUT2D eigenvalue weighted by molar-refractivity contribution is 0.0990. The monoisotopic (exact) mass is 403 g/mol. The molecule has 0 radical (unpaired) electrons. The van der Waals surface area contributed by atoms with E-state index >= 15 is 0 Å². The van der Waals surface area contributed by atoms with Crippen LogP contribution in [0.2, 0.25) is 0 Å². The molecule has 1 aliphatic rings. The van der Waals surface area contributed by atoms with E-state index in [1.54, 1.807) is 21.8 Å². The van der Waals surface area contributed by atoms with Crippen LogP contribution in [0, 0.1) is 11.3 Å². The topological polar surface area (TPSA) is 113 Å². The number of hydrogen-bond donors (Lipinski definition) is 1. The minimum atomic E-state index is 0.128. The predicted octanol–water partition coefficient (Wildman–Crippen LogP) is 1.97. The molecule has 0 amide bonds. The molecule has 0 saturated carbocycles. The molecule has 5 heterocycles. The molecule has 4 aromatic rings. The van der Waals surface area contributed by atoms with Crippen LogP contribution >= 0.6 is 0 Å². The van der Waals surface area contributed by atoms with Crippen LogP contribution in [-0.2, 0) is 18.3 Å². The van der Waals surface area contributed by atoms with Crippen molar-refractivity contribution in [2.45, 2.75) is 19.5 Å². The predicted molar refractivity (Wildman–Crippen MR) is 111 cm³/mol. The Hall–Kier alpha value is -3.71. The largest absolute Gasteiger partial charge is 0.377 e. The van der Waals surface area contributed by atoms with Crippen LogP contribution in [0.4, 0.5) is 5.69 Å². The van der Waals surface area contributed by atoms with E-state index in [4.69, 9.17) is 14.8 Å². The quantitative estimate of drug-likeness (QED) is 0.554. The van der Waals surface area contributed by atoms with E-state index in [1.807, 2.05) is 19.2 Å². The summed E-state index contributed by atoms with van der Waals surface area (Å²) in [6, 6.07) is 8.26. The number of ether oxygens (including phenoxy) is 1. The number of nitrogens with one attached hydrogen (secondary N) is 1. The number of rotatable bonds is 4. The Bertz CT molecular complexity index is 1230. The van der Waals surface area contributed by atoms with E-state index in [2.05, 4.69) is 39.3 Å². The molecule has 1 atom stereocenters. The van der Waals surface area contributed by atoms with Crippen molar-refractivity contribution in [3.05, 3.63) is 30.6 Å². The van der Waals surface area contributed by atoms with Gasteiger partial charge in [-0.1, -0.05) is 0 Å². The van der Waals surface area contributed by atoms with Crippen LogP contribution in [0.25, 0.3) is 33.8 Å². The zero-order chi connectivity index (χ0) is 20.7. The summed E-state index contributed by atoms with van der Waals surface area (Å²) < 4.78 is 9.18. The SMILES string of the molecule is C[C@@H]1COCCN1c1cc(-c2ccnn2C)nc2c(-c3ccn[nH]3)nn(CC#N)c12. The van der Waals surface area contributed by atoms with Crippen LogP contribution in [0.5, 0.6) is 0 Å². The van der Waals surface area contributed by atoms with Gasteiger partial charge in [0.05, 0.1) is 42.1 Å². The number of fused-ring (bicyclic) bond motifs is 1. The third kappa shape index (κ3) is 2.91. The zero-order valence-electron chi connectivity index (χ0n) is 16.8. The van der Waals surface area contributed by atoms with Crippen LogP contribution in [0.15, 0.2) is 30.6 Å². The van der Waals surface area contributed by atoms with Crippen molar-refractivity contribution in [1.82, 2.24) is 34.7 Å². The highest BCUT2D eigenvalue weighted by molar-refractivity contribution is 5.99. The molecule has 1 aliphatic heterocycles. The van der Waals surface area contributed by atoms with Gasteiger partial charge >= 0.3 is 0 Å². The molecule has 1 fully saturated rings. The Kier molecular flexibility index (Phi) is 4.44. The number of hydrogen-bond acceptors (Lipinski definition) is 7. The van der Waals surface area contributed by atoms with E-state index in [0.29, 0.717) is 18.9 Å². The summed E-state index contributed by atoms with van der Waals surface area (Å²) in [4.78, 5) is 7.26. The van der Waals surface area contributed by atoms with Gasteiger partial charge in [0.25, 0.3) is 0 Å². The van der Waals surface area contributed by atoms with E-state index in [0.717, 1.165) is 40.3 Å². The van der Waals surface area contributed by atoms with Crippen molar-refractivity contribution < 1.29 is 4.74 Å². The average Bonchev–Trinajstić information content (AvgIpc) is 3.48. The Labute approximate surface area is 172 Å². The lowest BCUT2D eigenvalue weighted by atomic mass is 10.1. The molecule has 10 heteroatoms. The van der Waals surface area contributed by atoms with Gasteiger partial charge in [-0.25, -0.2) is 9.67 Å². The molecular weight excluding hydrogens is 382 g/mol. The highest BCUT2D eigenvalue weighted by Gasteiger charge is 2.27. The van der Waals surface area contributed by atoms with Crippen LogP contribution in [0.3, 0.4) is 0 Å². The first-order valence-electron chi connectivity index (χ1n) is 9.78. The fourth-order valence-electron chi connectivity index (χ4n) is 3.97. The fourth-order valence-corrected chi connectivity index (χ4v) is 3.97. The highest BCUT2D eigenvalue weighted by Crippen LogP contribution is 2.36. The zero-order valence-corrected chi connectivity index (χ0v) is 16.8. The summed E-state index contributed by atoms with van der Waals surface area (Å²) in [5.41, 5.74) is 5.68. The maximum Gasteiger partial charge on any atom is 0.137 e. The highest BCUT2D eigenvalue weighted by atomic mass is 16.5. The molecule has 0 bridgehead atoms. The smallest absolute Gasteiger partial charge is 0.137 e. The fraction of sp³-hybridized carbons (Fsp3) is 0.350. The molecule has 0 unspecified atom stereocenters. The lowest BCUT2D eigenvalue weighted by Gasteiger charge is -2.35. The molecular formula is C20H21N9O. The van der Waals surface area contributed by atoms with E-state index < -0.39 is 0 Å². The van der Waals surface area contributed by atoms with Gasteiger partial charge in [0.1, 0.15) is 23.3 Å². The Balaban J connectivity index is 1.83. The number of H-pyrrole nitrogens is 1. The van der Waals surface area contributed by atoms with E-state index in [-0.39, 0.29) is 12.6 Å². The van der Waals surface area contributed by atoms with Gasteiger partial charge in [0, 0.05) is 32.0 Å². The first-order valence-corrected chi connectivity index (χ1v) is 9.78. The molecule has 4 aromatic heterocycles. The number of morpholine rings is 1. The Morgan fingerprint density at radius 1 is 1.33 bits per heavy atom. The minimum Gasteiger partial charge on any atom is -0.377 e. The van der Waals surface area contributed by atoms with Gasteiger partial charge in [-0.2, -0.15) is 20.6 Å². The number of pyridine rings is 1. The molecule has 30 heavy (non-hydrogen) atoms. The van der Waals surface area contributed by atoms with Gasteiger partial charge in [-0.3, -0.25) is 9.78 Å². The second kappa shape index (κ2) is 7.27. The van der Waals surface area contributed by atoms with Gasteiger partial charge in [0.2, 0.25) is 0 Å². The van der Waals surface area contributed by atoms with Crippen molar-refractivity contribution >= 4 is 16.7 Å². The van der Waals surface area contributed by atoms with Gasteiger partial charge < -0.3 is 9.64 Å². The third-order valence-electron chi connectivity index (χ3n) is 5.41. The van der Waals surface area contributed by atoms with E-state index in [9.17, 15) is 5.26 Å². The molecule has 152 valence electrons. The lowest BCUT2D eigenvalue weighted by Crippen LogP contribution is -2.44. The van der Waals surface area contributed by atoms with Crippen LogP contribution in [0.1, 0.15) is 6.92 Å². The molecule has 0 spiro atoms. The van der Waals surface area contributed by atoms with Crippen molar-refractivity contribution in [3.8, 4) is 28.8 Å². The summed E-state index contributed by atoms with van der Waals surface area (Å²) in [6.45, 7) is 4.31. The van der Waals surface area contributed by atoms with Gasteiger partial charge in [-0.15, -0.1) is 0 Å². The van der Waals surface area contributed by atoms with Gasteiger partial charge in [0.15, 0.2) is 0 Å². The maximum atomic E-state index is 9.42. The number of nitriles is 1. The molecule has 1 N–H and O–H groups in total. The van der Waals surface area contributed by atoms with Gasteiger partial charge in [-0.05, 0) is 25.1 Å². The second-order valence-electron chi connectivity index (χ2n) is 7.32. The average molecular weight is 403 g/mol. The molecule has 1 saturated heterocycles. The summed E-state index contributed by atoms with van der Waals surface area (Å²) in [6.07, 6.45) is 3.44. The minimum absolute atomic E-state index is 0.128. The van der Waals surface area contributed by atoms with Crippen LogP contribution < -0.4 is 4.90 Å². The standard InChI is InChI=1S/C20H21N9O/c1-13-12-30-10-9-28(13)17-11-15(16-4-7-23-27(16)2)24-19-18(14-3-6-22-25-14)26-29(8-5-21)20(17)19/h3-4,6-7,11,13H,8-10,12H2,1-2H3,(H,22,25)/t13-/m1/s1. The molecule has 0 aliphatic carbocycles. The Morgan fingerprint density at radius 2 is 2.23 bits per heavy atom. The molecule has 10 nitrogen and oxygen atoms in total. The van der Waals surface area contributed by atoms with Crippen molar-refractivity contribution in [2.24, 2.45) is 7.05 Å². The summed E-state index contributed by atoms with van der Waals surface area (Å²) in [7, 11) is 1.90. The molecule has 5 rings (SSSR count). The van der Waals surface area contributed by atoms with E-state index in [1.165, 1.54) is 0 Å². The van der Waals surface area contributed by atoms with Crippen LogP contribution in [-0.4, -0.2) is 60.5 Å². The third-order valence-corrected chi connectivity index (χ3v) is 5.41. The first-order chi connectivity index (χ1) is 14.7. The molecule has 0 aromatic carbocycles. The summed E-state index contributed by atoms with van der Waals surface area (Å²) in [5.74, 6) is 0. The van der Waals surface area contributed by atoms with Crippen molar-refractivity contribution in [1.29, 1.82) is 5.26 Å². The number of aromatic amines is 1. The normalized spacial score (nSPS) is 16.8. The second-order valence-corrected chi connectivity index (χ2v) is 7.32. The number of anilines is 1. The number of nitrogens with zero attached hydrogens (tertiary/aromatic N) is 8. The summed E-state index contributed by atoms with van der Waals surface area (Å²) >= 11 is 0. The number of aromatic nitrogens is 7. The Morgan fingerprint density at radius 3 is 2.93 bits per heavy atom. The summed E-state index contributed by atoms with van der Waals surface area (Å²) in [5, 5.41) is 25.5. The van der Waals surface area contributed by atoms with Crippen molar-refractivity contribution in [3.63, 3.8) is 0 Å². The first kappa shape index (κ1) is 18.3. The van der Waals surface area contributed by atoms with Crippen molar-refractivity contribution in [2.75, 3.05) is 24.7 Å².